The zero-order valence-corrected chi connectivity index (χ0v) is 40.6. The van der Waals surface area contributed by atoms with Gasteiger partial charge in [0.15, 0.2) is 0 Å². The summed E-state index contributed by atoms with van der Waals surface area (Å²) in [7, 11) is 2.51. The highest BCUT2D eigenvalue weighted by Gasteiger charge is 2.53. The monoisotopic (exact) mass is 938 g/mol. The van der Waals surface area contributed by atoms with Gasteiger partial charge in [-0.2, -0.15) is 0 Å². The molecule has 2 saturated heterocycles. The molecular formula is C52H68FN7O8. The van der Waals surface area contributed by atoms with Crippen LogP contribution in [-0.2, 0) is 41.7 Å². The van der Waals surface area contributed by atoms with E-state index in [-0.39, 0.29) is 53.4 Å². The van der Waals surface area contributed by atoms with E-state index in [1.54, 1.807) is 21.9 Å². The van der Waals surface area contributed by atoms with E-state index >= 15 is 0 Å². The van der Waals surface area contributed by atoms with Crippen LogP contribution in [0.3, 0.4) is 0 Å². The van der Waals surface area contributed by atoms with Gasteiger partial charge in [-0.1, -0.05) is 78.6 Å². The molecule has 8 atom stereocenters. The second-order valence-electron chi connectivity index (χ2n) is 21.1. The maximum atomic E-state index is 14.2. The number of hydrogen-bond acceptors (Lipinski definition) is 9. The summed E-state index contributed by atoms with van der Waals surface area (Å²) < 4.78 is 23.8. The van der Waals surface area contributed by atoms with Crippen LogP contribution in [-0.4, -0.2) is 96.1 Å². The number of ether oxygens (including phenoxy) is 2. The van der Waals surface area contributed by atoms with Gasteiger partial charge in [-0.3, -0.25) is 19.2 Å². The van der Waals surface area contributed by atoms with Crippen LogP contribution in [0.15, 0.2) is 72.8 Å². The summed E-state index contributed by atoms with van der Waals surface area (Å²) in [5.41, 5.74) is 2.55. The van der Waals surface area contributed by atoms with Gasteiger partial charge in [0.25, 0.3) is 0 Å². The Balaban J connectivity index is 1.02. The summed E-state index contributed by atoms with van der Waals surface area (Å²) in [6, 6.07) is 18.0. The molecule has 366 valence electrons. The van der Waals surface area contributed by atoms with E-state index in [1.807, 2.05) is 90.1 Å². The molecule has 0 radical (unpaired) electrons. The number of nitrogens with one attached hydrogen (secondary N) is 4. The maximum absolute atomic E-state index is 14.2. The second kappa shape index (κ2) is 20.6. The van der Waals surface area contributed by atoms with Crippen LogP contribution in [0.5, 0.6) is 0 Å². The van der Waals surface area contributed by atoms with Crippen molar-refractivity contribution in [2.75, 3.05) is 29.8 Å². The molecule has 4 fully saturated rings. The third-order valence-electron chi connectivity index (χ3n) is 14.3. The highest BCUT2D eigenvalue weighted by molar-refractivity contribution is 6.00. The molecule has 7 rings (SSSR count). The number of carbonyl (C=O) groups is 6. The lowest BCUT2D eigenvalue weighted by Gasteiger charge is -2.37. The molecule has 4 N–H and O–H groups in total. The van der Waals surface area contributed by atoms with Gasteiger partial charge < -0.3 is 45.4 Å². The second-order valence-corrected chi connectivity index (χ2v) is 21.1. The molecule has 2 aliphatic heterocycles. The number of alkyl carbamates (subject to hydrolysis) is 2. The van der Waals surface area contributed by atoms with Crippen LogP contribution < -0.4 is 26.2 Å². The first kappa shape index (κ1) is 49.7. The zero-order valence-electron chi connectivity index (χ0n) is 40.6. The average molecular weight is 938 g/mol. The smallest absolute Gasteiger partial charge is 0.407 e. The Kier molecular flexibility index (Phi) is 15.0. The first-order chi connectivity index (χ1) is 32.2. The number of nitrogens with zero attached hydrogens (tertiary/aromatic N) is 3. The first-order valence-electron chi connectivity index (χ1n) is 23.9. The highest BCUT2D eigenvalue weighted by Crippen LogP contribution is 2.44. The lowest BCUT2D eigenvalue weighted by molar-refractivity contribution is -0.143. The Morgan fingerprint density at radius 1 is 0.603 bits per heavy atom. The molecule has 2 heterocycles. The van der Waals surface area contributed by atoms with Crippen molar-refractivity contribution in [3.05, 3.63) is 89.7 Å². The van der Waals surface area contributed by atoms with E-state index in [2.05, 4.69) is 26.2 Å². The van der Waals surface area contributed by atoms with Crippen molar-refractivity contribution < 1.29 is 42.6 Å². The predicted octanol–water partition coefficient (Wildman–Crippen LogP) is 7.99. The molecule has 15 nitrogen and oxygen atoms in total. The molecular weight excluding hydrogens is 870 g/mol. The topological polar surface area (TPSA) is 179 Å². The Bertz CT molecular complexity index is 2170. The third-order valence-corrected chi connectivity index (χ3v) is 14.3. The van der Waals surface area contributed by atoms with E-state index in [0.717, 1.165) is 55.3 Å². The Hall–Kier alpha value is -6.19. The van der Waals surface area contributed by atoms with Crippen molar-refractivity contribution in [1.29, 1.82) is 0 Å². The molecule has 0 bridgehead atoms. The number of fused-ring (bicyclic) bond motifs is 2. The molecule has 2 aliphatic carbocycles. The van der Waals surface area contributed by atoms with Gasteiger partial charge in [0.2, 0.25) is 23.6 Å². The van der Waals surface area contributed by atoms with E-state index in [1.165, 1.54) is 26.4 Å². The third kappa shape index (κ3) is 11.2. The zero-order chi connectivity index (χ0) is 49.1. The van der Waals surface area contributed by atoms with Crippen molar-refractivity contribution in [3.8, 4) is 0 Å². The van der Waals surface area contributed by atoms with Crippen LogP contribution in [0.25, 0.3) is 0 Å². The fourth-order valence-electron chi connectivity index (χ4n) is 10.8. The molecule has 2 saturated carbocycles. The Morgan fingerprint density at radius 3 is 1.34 bits per heavy atom. The van der Waals surface area contributed by atoms with Gasteiger partial charge in [0, 0.05) is 42.2 Å². The van der Waals surface area contributed by atoms with Crippen LogP contribution in [0.2, 0.25) is 0 Å². The van der Waals surface area contributed by atoms with E-state index in [0.29, 0.717) is 37.3 Å². The fraction of sp³-hybridized carbons (Fsp3) is 0.538. The quantitative estimate of drug-likeness (QED) is 0.132. The number of anilines is 3. The van der Waals surface area contributed by atoms with Crippen molar-refractivity contribution in [3.63, 3.8) is 0 Å². The number of hydrogen-bond donors (Lipinski definition) is 4. The summed E-state index contributed by atoms with van der Waals surface area (Å²) in [5, 5.41) is 11.5. The fourth-order valence-corrected chi connectivity index (χ4v) is 10.8. The van der Waals surface area contributed by atoms with E-state index in [9.17, 15) is 33.2 Å². The minimum absolute atomic E-state index is 0.0806. The largest absolute Gasteiger partial charge is 0.453 e. The van der Waals surface area contributed by atoms with Crippen molar-refractivity contribution in [1.82, 2.24) is 20.4 Å². The van der Waals surface area contributed by atoms with Crippen LogP contribution in [0, 0.1) is 28.5 Å². The molecule has 0 aromatic heterocycles. The molecule has 6 amide bonds. The number of carbonyl (C=O) groups excluding carboxylic acids is 6. The van der Waals surface area contributed by atoms with Gasteiger partial charge in [-0.15, -0.1) is 0 Å². The highest BCUT2D eigenvalue weighted by atomic mass is 19.1. The molecule has 4 aliphatic rings. The number of rotatable bonds is 13. The van der Waals surface area contributed by atoms with Crippen molar-refractivity contribution in [2.24, 2.45) is 22.7 Å². The molecule has 68 heavy (non-hydrogen) atoms. The average Bonchev–Trinajstić information content (AvgIpc) is 4.10. The number of benzene rings is 3. The number of methoxy groups -OCH3 is 2. The van der Waals surface area contributed by atoms with Gasteiger partial charge in [-0.05, 0) is 121 Å². The Labute approximate surface area is 399 Å². The standard InChI is InChI=1S/C52H68FN7O8/c1-51(2,3)43(56-49(65)67-7)47(63)59-39-13-9-11-33(39)27-41(59)45(61)54-36-21-15-31(16-22-36)29-58(38-25-19-35(53)20-26-38)30-32-17-23-37(24-18-32)55-46(62)42-28-34-12-10-14-40(34)60(42)48(64)44(52(4,5)6)57-50(66)68-8/h15-26,33-34,39-44H,9-14,27-30H2,1-8H3,(H,54,61)(H,55,62)(H,56,65)(H,57,66)/t33-,34-,39-,40?,41-,42-,43?,44+/m0/s1. The normalized spacial score (nSPS) is 22.9. The summed E-state index contributed by atoms with van der Waals surface area (Å²) in [6.07, 6.45) is 5.11. The van der Waals surface area contributed by atoms with Crippen LogP contribution >= 0.6 is 0 Å². The lowest BCUT2D eigenvalue weighted by atomic mass is 9.85. The molecule has 3 aromatic carbocycles. The predicted molar refractivity (Wildman–Crippen MR) is 257 cm³/mol. The first-order valence-corrected chi connectivity index (χ1v) is 23.9. The Morgan fingerprint density at radius 2 is 0.985 bits per heavy atom. The number of likely N-dealkylation sites (tertiary alicyclic amines) is 2. The molecule has 0 spiro atoms. The molecule has 16 heteroatoms. The summed E-state index contributed by atoms with van der Waals surface area (Å²) >= 11 is 0. The molecule has 2 unspecified atom stereocenters. The maximum Gasteiger partial charge on any atom is 0.407 e. The number of halogens is 1. The summed E-state index contributed by atoms with van der Waals surface area (Å²) in [5.74, 6) is -1.09. The van der Waals surface area contributed by atoms with Crippen molar-refractivity contribution >= 4 is 52.9 Å². The minimum atomic E-state index is -0.884. The summed E-state index contributed by atoms with van der Waals surface area (Å²) in [6.45, 7) is 12.1. The van der Waals surface area contributed by atoms with E-state index < -0.39 is 47.2 Å². The van der Waals surface area contributed by atoms with Gasteiger partial charge >= 0.3 is 12.2 Å². The van der Waals surface area contributed by atoms with Gasteiger partial charge in [0.1, 0.15) is 30.0 Å². The van der Waals surface area contributed by atoms with Crippen molar-refractivity contribution in [2.45, 2.75) is 142 Å². The van der Waals surface area contributed by atoms with Gasteiger partial charge in [-0.25, -0.2) is 14.0 Å². The minimum Gasteiger partial charge on any atom is -0.453 e. The lowest BCUT2D eigenvalue weighted by Crippen LogP contribution is -2.58. The molecule has 3 aromatic rings. The SMILES string of the molecule is COC(=O)NC(C(=O)N1[C@H](C(=O)Nc2ccc(CN(Cc3ccc(NC(=O)[C@@H]4C[C@@H]5CCCC5N4C(=O)[C@@H](NC(=O)OC)C(C)(C)C)cc3)c3ccc(F)cc3)cc2)C[C@@H]2CCC[C@@H]21)C(C)(C)C. The van der Waals surface area contributed by atoms with Crippen LogP contribution in [0.4, 0.5) is 31.0 Å². The van der Waals surface area contributed by atoms with Gasteiger partial charge in [0.05, 0.1) is 14.2 Å². The summed E-state index contributed by atoms with van der Waals surface area (Å²) in [4.78, 5) is 86.6. The van der Waals surface area contributed by atoms with Crippen LogP contribution in [0.1, 0.15) is 104 Å². The van der Waals surface area contributed by atoms with E-state index in [4.69, 9.17) is 9.47 Å². The number of amides is 6.